The molecule has 0 radical (unpaired) electrons. The fourth-order valence-electron chi connectivity index (χ4n) is 1.59. The van der Waals surface area contributed by atoms with Crippen LogP contribution in [-0.2, 0) is 12.2 Å². The zero-order chi connectivity index (χ0) is 13.7. The molecule has 0 fully saturated rings. The lowest BCUT2D eigenvalue weighted by Crippen LogP contribution is -1.96. The van der Waals surface area contributed by atoms with Crippen molar-refractivity contribution in [2.45, 2.75) is 30.5 Å². The Hall–Kier alpha value is -0.580. The summed E-state index contributed by atoms with van der Waals surface area (Å²) < 4.78 is 0.851. The van der Waals surface area contributed by atoms with Gasteiger partial charge < -0.3 is 0 Å². The third-order valence-electron chi connectivity index (χ3n) is 2.49. The Labute approximate surface area is 131 Å². The van der Waals surface area contributed by atoms with Crippen molar-refractivity contribution < 1.29 is 0 Å². The average molecular weight is 358 g/mol. The molecule has 0 bridgehead atoms. The summed E-state index contributed by atoms with van der Waals surface area (Å²) in [6.07, 6.45) is 1.96. The van der Waals surface area contributed by atoms with E-state index in [-0.39, 0.29) is 0 Å². The maximum absolute atomic E-state index is 5.87. The van der Waals surface area contributed by atoms with E-state index < -0.39 is 0 Å². The first-order valence-electron chi connectivity index (χ1n) is 6.08. The van der Waals surface area contributed by atoms with Crippen LogP contribution >= 0.6 is 39.3 Å². The van der Waals surface area contributed by atoms with Crippen LogP contribution in [0.4, 0.5) is 0 Å². The van der Waals surface area contributed by atoms with E-state index in [9.17, 15) is 0 Å². The summed E-state index contributed by atoms with van der Waals surface area (Å²) in [6, 6.07) is 9.86. The van der Waals surface area contributed by atoms with Crippen LogP contribution in [0, 0.1) is 0 Å². The number of aromatic nitrogens is 2. The topological polar surface area (TPSA) is 25.8 Å². The Morgan fingerprint density at radius 2 is 1.95 bits per heavy atom. The van der Waals surface area contributed by atoms with Crippen molar-refractivity contribution in [3.8, 4) is 0 Å². The largest absolute Gasteiger partial charge is 0.227 e. The third kappa shape index (κ3) is 4.79. The zero-order valence-electron chi connectivity index (χ0n) is 10.6. The molecule has 0 aliphatic rings. The Morgan fingerprint density at radius 1 is 1.21 bits per heavy atom. The first kappa shape index (κ1) is 14.8. The first-order valence-corrected chi connectivity index (χ1v) is 8.23. The van der Waals surface area contributed by atoms with Gasteiger partial charge in [-0.25, -0.2) is 9.97 Å². The first-order chi connectivity index (χ1) is 9.17. The molecule has 0 N–H and O–H groups in total. The van der Waals surface area contributed by atoms with Gasteiger partial charge in [-0.2, -0.15) is 0 Å². The van der Waals surface area contributed by atoms with Crippen molar-refractivity contribution >= 4 is 39.3 Å². The molecule has 1 aromatic carbocycles. The number of hydrogen-bond acceptors (Lipinski definition) is 3. The van der Waals surface area contributed by atoms with Crippen molar-refractivity contribution in [2.75, 3.05) is 0 Å². The van der Waals surface area contributed by atoms with Crippen LogP contribution in [-0.4, -0.2) is 9.97 Å². The highest BCUT2D eigenvalue weighted by Gasteiger charge is 2.04. The Balaban J connectivity index is 2.04. The summed E-state index contributed by atoms with van der Waals surface area (Å²) in [5.74, 6) is 1.78. The minimum absolute atomic E-state index is 0.767. The van der Waals surface area contributed by atoms with E-state index >= 15 is 0 Å². The fraction of sp³-hybridized carbons (Fsp3) is 0.286. The smallest absolute Gasteiger partial charge is 0.130 e. The Kier molecular flexibility index (Phi) is 5.67. The van der Waals surface area contributed by atoms with E-state index in [0.717, 1.165) is 39.1 Å². The van der Waals surface area contributed by atoms with Gasteiger partial charge >= 0.3 is 0 Å². The average Bonchev–Trinajstić information content (AvgIpc) is 2.38. The number of benzene rings is 1. The zero-order valence-corrected chi connectivity index (χ0v) is 13.7. The van der Waals surface area contributed by atoms with Crippen molar-refractivity contribution in [1.29, 1.82) is 0 Å². The van der Waals surface area contributed by atoms with E-state index in [2.05, 4.69) is 32.8 Å². The molecule has 19 heavy (non-hydrogen) atoms. The summed E-state index contributed by atoms with van der Waals surface area (Å²) in [5.41, 5.74) is 1.24. The summed E-state index contributed by atoms with van der Waals surface area (Å²) in [6.45, 7) is 2.13. The second-order valence-corrected chi connectivity index (χ2v) is 6.35. The monoisotopic (exact) mass is 356 g/mol. The second kappa shape index (κ2) is 7.27. The molecule has 0 aliphatic heterocycles. The fourth-order valence-corrected chi connectivity index (χ4v) is 3.16. The van der Waals surface area contributed by atoms with E-state index in [0.29, 0.717) is 0 Å². The molecular weight excluding hydrogens is 344 g/mol. The van der Waals surface area contributed by atoms with Crippen molar-refractivity contribution in [1.82, 2.24) is 9.97 Å². The van der Waals surface area contributed by atoms with Gasteiger partial charge in [0.25, 0.3) is 0 Å². The summed E-state index contributed by atoms with van der Waals surface area (Å²) in [5, 5.41) is 1.77. The van der Waals surface area contributed by atoms with Crippen LogP contribution in [0.2, 0.25) is 5.02 Å². The van der Waals surface area contributed by atoms with Gasteiger partial charge in [0.1, 0.15) is 15.5 Å². The molecule has 0 atom stereocenters. The molecule has 2 rings (SSSR count). The molecule has 100 valence electrons. The van der Waals surface area contributed by atoms with Gasteiger partial charge in [-0.3, -0.25) is 0 Å². The van der Waals surface area contributed by atoms with Gasteiger partial charge in [-0.15, -0.1) is 11.8 Å². The van der Waals surface area contributed by atoms with E-state index in [1.807, 2.05) is 30.3 Å². The van der Waals surface area contributed by atoms with Crippen LogP contribution in [0.1, 0.15) is 24.7 Å². The molecule has 0 saturated heterocycles. The van der Waals surface area contributed by atoms with Crippen LogP contribution in [0.15, 0.2) is 40.0 Å². The standard InChI is InChI=1S/C14H14BrClN2S/c1-2-3-13-17-12(15)8-14(18-13)19-9-10-4-6-11(16)7-5-10/h4-8H,2-3,9H2,1H3. The molecule has 1 aromatic heterocycles. The van der Waals surface area contributed by atoms with Crippen LogP contribution in [0.25, 0.3) is 0 Å². The maximum Gasteiger partial charge on any atom is 0.130 e. The van der Waals surface area contributed by atoms with Gasteiger partial charge in [-0.1, -0.05) is 30.7 Å². The molecular formula is C14H14BrClN2S. The molecule has 0 saturated carbocycles. The van der Waals surface area contributed by atoms with Gasteiger partial charge in [0, 0.05) is 23.3 Å². The lowest BCUT2D eigenvalue weighted by atomic mass is 10.2. The lowest BCUT2D eigenvalue weighted by molar-refractivity contribution is 0.803. The van der Waals surface area contributed by atoms with E-state index in [4.69, 9.17) is 11.6 Å². The maximum atomic E-state index is 5.87. The third-order valence-corrected chi connectivity index (χ3v) is 4.13. The summed E-state index contributed by atoms with van der Waals surface area (Å²) in [4.78, 5) is 8.92. The molecule has 1 heterocycles. The number of halogens is 2. The van der Waals surface area contributed by atoms with Crippen molar-refractivity contribution in [2.24, 2.45) is 0 Å². The highest BCUT2D eigenvalue weighted by molar-refractivity contribution is 9.10. The molecule has 2 nitrogen and oxygen atoms in total. The van der Waals surface area contributed by atoms with Gasteiger partial charge in [0.05, 0.1) is 0 Å². The van der Waals surface area contributed by atoms with Crippen LogP contribution < -0.4 is 0 Å². The lowest BCUT2D eigenvalue weighted by Gasteiger charge is -2.05. The summed E-state index contributed by atoms with van der Waals surface area (Å²) in [7, 11) is 0. The van der Waals surface area contributed by atoms with Crippen LogP contribution in [0.5, 0.6) is 0 Å². The summed E-state index contributed by atoms with van der Waals surface area (Å²) >= 11 is 11.0. The Bertz CT molecular complexity index is 546. The molecule has 0 unspecified atom stereocenters. The van der Waals surface area contributed by atoms with E-state index in [1.165, 1.54) is 5.56 Å². The molecule has 2 aromatic rings. The van der Waals surface area contributed by atoms with Crippen LogP contribution in [0.3, 0.4) is 0 Å². The van der Waals surface area contributed by atoms with Gasteiger partial charge in [-0.05, 0) is 40.0 Å². The number of rotatable bonds is 5. The quantitative estimate of drug-likeness (QED) is 0.547. The predicted molar refractivity (Wildman–Crippen MR) is 84.7 cm³/mol. The Morgan fingerprint density at radius 3 is 2.63 bits per heavy atom. The number of thioether (sulfide) groups is 1. The highest BCUT2D eigenvalue weighted by atomic mass is 79.9. The molecule has 0 amide bonds. The normalized spacial score (nSPS) is 10.7. The second-order valence-electron chi connectivity index (χ2n) is 4.11. The SMILES string of the molecule is CCCc1nc(Br)cc(SCc2ccc(Cl)cc2)n1. The minimum atomic E-state index is 0.767. The molecule has 5 heteroatoms. The number of aryl methyl sites for hydroxylation is 1. The van der Waals surface area contributed by atoms with Crippen molar-refractivity contribution in [3.05, 3.63) is 51.3 Å². The minimum Gasteiger partial charge on any atom is -0.227 e. The predicted octanol–water partition coefficient (Wildman–Crippen LogP) is 5.14. The van der Waals surface area contributed by atoms with E-state index in [1.54, 1.807) is 11.8 Å². The van der Waals surface area contributed by atoms with Gasteiger partial charge in [0.15, 0.2) is 0 Å². The van der Waals surface area contributed by atoms with Gasteiger partial charge in [0.2, 0.25) is 0 Å². The highest BCUT2D eigenvalue weighted by Crippen LogP contribution is 2.24. The number of nitrogens with zero attached hydrogens (tertiary/aromatic N) is 2. The number of hydrogen-bond donors (Lipinski definition) is 0. The van der Waals surface area contributed by atoms with Crippen molar-refractivity contribution in [3.63, 3.8) is 0 Å². The molecule has 0 spiro atoms. The molecule has 0 aliphatic carbocycles.